The number of amides is 2. The van der Waals surface area contributed by atoms with E-state index in [2.05, 4.69) is 26.6 Å². The summed E-state index contributed by atoms with van der Waals surface area (Å²) in [6.07, 6.45) is 0. The Balaban J connectivity index is 2.05. The Kier molecular flexibility index (Phi) is 4.22. The first-order valence-corrected chi connectivity index (χ1v) is 6.75. The van der Waals surface area contributed by atoms with Gasteiger partial charge in [-0.3, -0.25) is 0 Å². The van der Waals surface area contributed by atoms with Crippen molar-refractivity contribution in [3.8, 4) is 0 Å². The predicted molar refractivity (Wildman–Crippen MR) is 82.7 cm³/mol. The Morgan fingerprint density at radius 1 is 1.00 bits per heavy atom. The van der Waals surface area contributed by atoms with Gasteiger partial charge in [0.1, 0.15) is 0 Å². The highest BCUT2D eigenvalue weighted by Gasteiger charge is 2.05. The molecule has 2 aromatic carbocycles. The van der Waals surface area contributed by atoms with Crippen molar-refractivity contribution in [2.75, 3.05) is 10.6 Å². The summed E-state index contributed by atoms with van der Waals surface area (Å²) in [5, 5.41) is 5.63. The smallest absolute Gasteiger partial charge is 0.308 e. The van der Waals surface area contributed by atoms with E-state index in [1.54, 1.807) is 0 Å². The maximum atomic E-state index is 11.9. The van der Waals surface area contributed by atoms with Gasteiger partial charge in [0, 0.05) is 15.8 Å². The molecule has 0 atom stereocenters. The zero-order valence-electron chi connectivity index (χ0n) is 10.8. The summed E-state index contributed by atoms with van der Waals surface area (Å²) in [6.45, 7) is 3.96. The summed E-state index contributed by atoms with van der Waals surface area (Å²) in [7, 11) is 0. The molecule has 0 saturated carbocycles. The molecule has 0 aromatic heterocycles. The fourth-order valence-corrected chi connectivity index (χ4v) is 2.01. The second-order valence-electron chi connectivity index (χ2n) is 4.40. The number of urea groups is 1. The topological polar surface area (TPSA) is 41.1 Å². The summed E-state index contributed by atoms with van der Waals surface area (Å²) < 4.78 is 0.934. The van der Waals surface area contributed by atoms with Gasteiger partial charge in [0.15, 0.2) is 0 Å². The lowest BCUT2D eigenvalue weighted by molar-refractivity contribution is 0.262. The molecule has 0 aliphatic heterocycles. The zero-order chi connectivity index (χ0) is 13.8. The van der Waals surface area contributed by atoms with Crippen LogP contribution in [0.2, 0.25) is 0 Å². The van der Waals surface area contributed by atoms with Crippen LogP contribution in [0.3, 0.4) is 0 Å². The summed E-state index contributed by atoms with van der Waals surface area (Å²) >= 11 is 3.39. The van der Waals surface area contributed by atoms with Crippen molar-refractivity contribution in [3.63, 3.8) is 0 Å². The minimum Gasteiger partial charge on any atom is -0.308 e. The van der Waals surface area contributed by atoms with Gasteiger partial charge in [-0.1, -0.05) is 39.7 Å². The monoisotopic (exact) mass is 318 g/mol. The minimum atomic E-state index is -0.245. The lowest BCUT2D eigenvalue weighted by Gasteiger charge is -2.10. The first-order valence-electron chi connectivity index (χ1n) is 5.95. The Labute approximate surface area is 121 Å². The maximum absolute atomic E-state index is 11.9. The average Bonchev–Trinajstić information content (AvgIpc) is 2.37. The standard InChI is InChI=1S/C15H15BrN2O/c1-10-3-7-13(8-4-10)17-15(19)18-14-9-12(16)6-5-11(14)2/h3-9H,1-2H3,(H2,17,18,19). The number of rotatable bonds is 2. The van der Waals surface area contributed by atoms with Crippen molar-refractivity contribution >= 4 is 33.3 Å². The highest BCUT2D eigenvalue weighted by atomic mass is 79.9. The third-order valence-electron chi connectivity index (χ3n) is 2.76. The van der Waals surface area contributed by atoms with Gasteiger partial charge in [-0.15, -0.1) is 0 Å². The number of benzene rings is 2. The Hall–Kier alpha value is -1.81. The molecule has 3 nitrogen and oxygen atoms in total. The molecule has 0 spiro atoms. The van der Waals surface area contributed by atoms with E-state index in [0.717, 1.165) is 27.0 Å². The molecule has 0 heterocycles. The van der Waals surface area contributed by atoms with Gasteiger partial charge in [-0.25, -0.2) is 4.79 Å². The van der Waals surface area contributed by atoms with Crippen molar-refractivity contribution in [2.24, 2.45) is 0 Å². The lowest BCUT2D eigenvalue weighted by Crippen LogP contribution is -2.19. The number of halogens is 1. The quantitative estimate of drug-likeness (QED) is 0.827. The minimum absolute atomic E-state index is 0.245. The number of hydrogen-bond donors (Lipinski definition) is 2. The van der Waals surface area contributed by atoms with Gasteiger partial charge in [0.2, 0.25) is 0 Å². The van der Waals surface area contributed by atoms with E-state index >= 15 is 0 Å². The third kappa shape index (κ3) is 3.83. The second-order valence-corrected chi connectivity index (χ2v) is 5.32. The highest BCUT2D eigenvalue weighted by molar-refractivity contribution is 9.10. The van der Waals surface area contributed by atoms with Crippen molar-refractivity contribution in [3.05, 3.63) is 58.1 Å². The molecule has 2 aromatic rings. The molecular weight excluding hydrogens is 304 g/mol. The summed E-state index contributed by atoms with van der Waals surface area (Å²) in [5.74, 6) is 0. The summed E-state index contributed by atoms with van der Waals surface area (Å²) in [5.41, 5.74) is 3.74. The van der Waals surface area contributed by atoms with Gasteiger partial charge >= 0.3 is 6.03 Å². The Morgan fingerprint density at radius 2 is 1.68 bits per heavy atom. The number of aryl methyl sites for hydroxylation is 2. The number of nitrogens with one attached hydrogen (secondary N) is 2. The molecule has 2 rings (SSSR count). The molecule has 0 bridgehead atoms. The molecule has 0 aliphatic carbocycles. The molecule has 0 saturated heterocycles. The summed E-state index contributed by atoms with van der Waals surface area (Å²) in [4.78, 5) is 11.9. The van der Waals surface area contributed by atoms with Gasteiger partial charge in [-0.05, 0) is 43.7 Å². The first-order chi connectivity index (χ1) is 9.04. The van der Waals surface area contributed by atoms with E-state index in [9.17, 15) is 4.79 Å². The fraction of sp³-hybridized carbons (Fsp3) is 0.133. The molecule has 2 amide bonds. The van der Waals surface area contributed by atoms with Crippen LogP contribution in [-0.4, -0.2) is 6.03 Å². The molecule has 0 aliphatic rings. The van der Waals surface area contributed by atoms with Crippen LogP contribution in [0.1, 0.15) is 11.1 Å². The van der Waals surface area contributed by atoms with Crippen molar-refractivity contribution in [1.29, 1.82) is 0 Å². The highest BCUT2D eigenvalue weighted by Crippen LogP contribution is 2.20. The van der Waals surface area contributed by atoms with Crippen LogP contribution >= 0.6 is 15.9 Å². The van der Waals surface area contributed by atoms with Gasteiger partial charge in [-0.2, -0.15) is 0 Å². The molecule has 19 heavy (non-hydrogen) atoms. The van der Waals surface area contributed by atoms with Crippen LogP contribution in [0.25, 0.3) is 0 Å². The van der Waals surface area contributed by atoms with Gasteiger partial charge in [0.05, 0.1) is 0 Å². The second kappa shape index (κ2) is 5.89. The van der Waals surface area contributed by atoms with Crippen molar-refractivity contribution in [1.82, 2.24) is 0 Å². The Bertz CT molecular complexity index is 594. The van der Waals surface area contributed by atoms with E-state index in [1.165, 1.54) is 0 Å². The molecular formula is C15H15BrN2O. The molecule has 98 valence electrons. The van der Waals surface area contributed by atoms with E-state index in [-0.39, 0.29) is 6.03 Å². The van der Waals surface area contributed by atoms with E-state index in [0.29, 0.717) is 0 Å². The maximum Gasteiger partial charge on any atom is 0.323 e. The van der Waals surface area contributed by atoms with Crippen LogP contribution in [0.4, 0.5) is 16.2 Å². The van der Waals surface area contributed by atoms with Crippen molar-refractivity contribution < 1.29 is 4.79 Å². The molecule has 4 heteroatoms. The number of hydrogen-bond acceptors (Lipinski definition) is 1. The zero-order valence-corrected chi connectivity index (χ0v) is 12.4. The third-order valence-corrected chi connectivity index (χ3v) is 3.25. The molecule has 0 unspecified atom stereocenters. The predicted octanol–water partition coefficient (Wildman–Crippen LogP) is 4.71. The molecule has 2 N–H and O–H groups in total. The van der Waals surface area contributed by atoms with Crippen LogP contribution in [0.15, 0.2) is 46.9 Å². The lowest BCUT2D eigenvalue weighted by atomic mass is 10.2. The van der Waals surface area contributed by atoms with Crippen LogP contribution in [0, 0.1) is 13.8 Å². The van der Waals surface area contributed by atoms with E-state index in [1.807, 2.05) is 56.3 Å². The SMILES string of the molecule is Cc1ccc(NC(=O)Nc2cc(Br)ccc2C)cc1. The number of carbonyl (C=O) groups excluding carboxylic acids is 1. The molecule has 0 radical (unpaired) electrons. The fourth-order valence-electron chi connectivity index (χ4n) is 1.65. The molecule has 0 fully saturated rings. The van der Waals surface area contributed by atoms with Crippen LogP contribution in [0.5, 0.6) is 0 Å². The van der Waals surface area contributed by atoms with E-state index < -0.39 is 0 Å². The van der Waals surface area contributed by atoms with Gasteiger partial charge in [0.25, 0.3) is 0 Å². The van der Waals surface area contributed by atoms with Gasteiger partial charge < -0.3 is 10.6 Å². The number of carbonyl (C=O) groups is 1. The van der Waals surface area contributed by atoms with E-state index in [4.69, 9.17) is 0 Å². The Morgan fingerprint density at radius 3 is 2.37 bits per heavy atom. The first kappa shape index (κ1) is 13.6. The van der Waals surface area contributed by atoms with Crippen LogP contribution in [-0.2, 0) is 0 Å². The number of anilines is 2. The summed E-state index contributed by atoms with van der Waals surface area (Å²) in [6, 6.07) is 13.2. The van der Waals surface area contributed by atoms with Crippen molar-refractivity contribution in [2.45, 2.75) is 13.8 Å². The normalized spacial score (nSPS) is 10.1. The van der Waals surface area contributed by atoms with Crippen LogP contribution < -0.4 is 10.6 Å². The largest absolute Gasteiger partial charge is 0.323 e. The average molecular weight is 319 g/mol.